The van der Waals surface area contributed by atoms with Gasteiger partial charge in [-0.3, -0.25) is 19.1 Å². The summed E-state index contributed by atoms with van der Waals surface area (Å²) in [6.45, 7) is 12.1. The van der Waals surface area contributed by atoms with E-state index in [0.29, 0.717) is 17.8 Å². The summed E-state index contributed by atoms with van der Waals surface area (Å²) < 4.78 is 3.02. The van der Waals surface area contributed by atoms with Crippen molar-refractivity contribution < 1.29 is 4.79 Å². The third-order valence-corrected chi connectivity index (χ3v) is 5.41. The number of nitrogens with one attached hydrogen (secondary N) is 1. The van der Waals surface area contributed by atoms with E-state index >= 15 is 0 Å². The molecule has 0 saturated carbocycles. The zero-order chi connectivity index (χ0) is 24.4. The number of para-hydroxylation sites is 1. The van der Waals surface area contributed by atoms with E-state index in [9.17, 15) is 14.4 Å². The molecule has 1 aromatic carbocycles. The van der Waals surface area contributed by atoms with E-state index in [2.05, 4.69) is 10.1 Å². The summed E-state index contributed by atoms with van der Waals surface area (Å²) >= 11 is 0. The van der Waals surface area contributed by atoms with Crippen molar-refractivity contribution in [3.8, 4) is 5.69 Å². The molecule has 2 heterocycles. The van der Waals surface area contributed by atoms with Gasteiger partial charge in [0.1, 0.15) is 5.82 Å². The third-order valence-electron chi connectivity index (χ3n) is 5.41. The quantitative estimate of drug-likeness (QED) is 0.571. The molecule has 3 aromatic rings. The van der Waals surface area contributed by atoms with Crippen LogP contribution in [0.1, 0.15) is 49.3 Å². The summed E-state index contributed by atoms with van der Waals surface area (Å²) in [4.78, 5) is 42.7. The average Bonchev–Trinajstić information content (AvgIpc) is 3.10. The lowest BCUT2D eigenvalue weighted by atomic mass is 10.1. The van der Waals surface area contributed by atoms with E-state index < -0.39 is 17.2 Å². The number of anilines is 2. The number of carbonyl (C=O) groups is 1. The molecule has 0 bridgehead atoms. The number of nitrogens with zero attached hydrogens (tertiary/aromatic N) is 4. The molecule has 0 atom stereocenters. The van der Waals surface area contributed by atoms with Gasteiger partial charge < -0.3 is 10.6 Å². The van der Waals surface area contributed by atoms with Crippen LogP contribution in [0.3, 0.4) is 0 Å². The second-order valence-corrected chi connectivity index (χ2v) is 9.15. The maximum atomic E-state index is 13.7. The molecular formula is C24H32N6O3. The van der Waals surface area contributed by atoms with Crippen molar-refractivity contribution in [2.45, 2.75) is 48.1 Å². The maximum absolute atomic E-state index is 13.7. The Kier molecular flexibility index (Phi) is 6.90. The van der Waals surface area contributed by atoms with Gasteiger partial charge in [0.2, 0.25) is 0 Å². The molecule has 9 heteroatoms. The van der Waals surface area contributed by atoms with Crippen LogP contribution in [0.15, 0.2) is 40.1 Å². The Morgan fingerprint density at radius 3 is 2.39 bits per heavy atom. The fourth-order valence-corrected chi connectivity index (χ4v) is 3.83. The predicted octanol–water partition coefficient (Wildman–Crippen LogP) is 2.88. The van der Waals surface area contributed by atoms with Gasteiger partial charge in [-0.15, -0.1) is 0 Å². The summed E-state index contributed by atoms with van der Waals surface area (Å²) in [5.74, 6) is -0.249. The van der Waals surface area contributed by atoms with Crippen molar-refractivity contribution in [1.29, 1.82) is 0 Å². The van der Waals surface area contributed by atoms with Crippen LogP contribution in [0.25, 0.3) is 5.69 Å². The van der Waals surface area contributed by atoms with Crippen molar-refractivity contribution in [3.05, 3.63) is 68.1 Å². The van der Waals surface area contributed by atoms with Gasteiger partial charge in [0.25, 0.3) is 11.5 Å². The molecule has 0 fully saturated rings. The van der Waals surface area contributed by atoms with E-state index in [1.165, 1.54) is 15.7 Å². The minimum atomic E-state index is -0.685. The second kappa shape index (κ2) is 9.48. The second-order valence-electron chi connectivity index (χ2n) is 9.15. The molecule has 0 radical (unpaired) electrons. The number of hydrogen-bond donors (Lipinski definition) is 2. The van der Waals surface area contributed by atoms with Crippen molar-refractivity contribution in [2.24, 2.45) is 11.8 Å². The van der Waals surface area contributed by atoms with Crippen LogP contribution in [0.5, 0.6) is 0 Å². The van der Waals surface area contributed by atoms with Crippen LogP contribution in [-0.4, -0.2) is 31.8 Å². The number of H-pyrrole nitrogens is 1. The molecule has 0 aliphatic rings. The van der Waals surface area contributed by atoms with Crippen LogP contribution in [0.2, 0.25) is 0 Å². The Balaban J connectivity index is 2.15. The molecule has 0 spiro atoms. The molecule has 2 aromatic heterocycles. The molecule has 9 nitrogen and oxygen atoms in total. The van der Waals surface area contributed by atoms with E-state index in [0.717, 1.165) is 11.3 Å². The predicted molar refractivity (Wildman–Crippen MR) is 130 cm³/mol. The van der Waals surface area contributed by atoms with Crippen molar-refractivity contribution in [3.63, 3.8) is 0 Å². The molecule has 0 aliphatic heterocycles. The average molecular weight is 453 g/mol. The number of aryl methyl sites for hydroxylation is 1. The first-order chi connectivity index (χ1) is 15.5. The Morgan fingerprint density at radius 1 is 1.12 bits per heavy atom. The largest absolute Gasteiger partial charge is 0.383 e. The highest BCUT2D eigenvalue weighted by atomic mass is 16.2. The van der Waals surface area contributed by atoms with E-state index in [1.54, 1.807) is 4.68 Å². The third kappa shape index (κ3) is 4.76. The molecule has 0 unspecified atom stereocenters. The normalized spacial score (nSPS) is 11.4. The SMILES string of the molecule is Cc1ccccc1-n1ncc(C(=O)N(CC(C)C)c2c(N)n(CC(C)C)c(=O)[nH]c2=O)c1C. The van der Waals surface area contributed by atoms with Crippen LogP contribution < -0.4 is 21.9 Å². The number of hydrogen-bond acceptors (Lipinski definition) is 5. The Hall–Kier alpha value is -3.62. The van der Waals surface area contributed by atoms with Gasteiger partial charge in [-0.05, 0) is 37.3 Å². The number of nitrogen functional groups attached to an aromatic ring is 1. The smallest absolute Gasteiger partial charge is 0.330 e. The van der Waals surface area contributed by atoms with Gasteiger partial charge in [0.05, 0.1) is 23.1 Å². The monoisotopic (exact) mass is 452 g/mol. The van der Waals surface area contributed by atoms with Gasteiger partial charge >= 0.3 is 5.69 Å². The lowest BCUT2D eigenvalue weighted by Crippen LogP contribution is -2.43. The summed E-state index contributed by atoms with van der Waals surface area (Å²) in [7, 11) is 0. The fourth-order valence-electron chi connectivity index (χ4n) is 3.83. The van der Waals surface area contributed by atoms with Crippen LogP contribution in [0.4, 0.5) is 11.5 Å². The van der Waals surface area contributed by atoms with Crippen LogP contribution in [-0.2, 0) is 6.54 Å². The number of rotatable bonds is 7. The van der Waals surface area contributed by atoms with Crippen molar-refractivity contribution >= 4 is 17.4 Å². The van der Waals surface area contributed by atoms with E-state index in [4.69, 9.17) is 5.73 Å². The fraction of sp³-hybridized carbons (Fsp3) is 0.417. The number of nitrogens with two attached hydrogens (primary N) is 1. The lowest BCUT2D eigenvalue weighted by Gasteiger charge is -2.26. The van der Waals surface area contributed by atoms with Gasteiger partial charge in [-0.2, -0.15) is 5.10 Å². The topological polar surface area (TPSA) is 119 Å². The minimum absolute atomic E-state index is 0.0167. The van der Waals surface area contributed by atoms with E-state index in [1.807, 2.05) is 65.8 Å². The number of benzene rings is 1. The number of aromatic amines is 1. The molecule has 176 valence electrons. The zero-order valence-corrected chi connectivity index (χ0v) is 20.0. The molecule has 3 N–H and O–H groups in total. The first-order valence-electron chi connectivity index (χ1n) is 11.1. The van der Waals surface area contributed by atoms with Crippen molar-refractivity contribution in [2.75, 3.05) is 17.2 Å². The van der Waals surface area contributed by atoms with Gasteiger partial charge in [0.15, 0.2) is 5.69 Å². The van der Waals surface area contributed by atoms with Gasteiger partial charge in [-0.25, -0.2) is 9.48 Å². The molecule has 0 saturated heterocycles. The molecule has 0 aliphatic carbocycles. The highest BCUT2D eigenvalue weighted by Crippen LogP contribution is 2.24. The van der Waals surface area contributed by atoms with E-state index in [-0.39, 0.29) is 29.9 Å². The number of amides is 1. The first-order valence-corrected chi connectivity index (χ1v) is 11.1. The standard InChI is InChI=1S/C24H32N6O3/c1-14(2)12-28(20-21(25)29(13-15(3)4)24(33)27-22(20)31)23(32)18-11-26-30(17(18)6)19-10-8-7-9-16(19)5/h7-11,14-15H,12-13,25H2,1-6H3,(H,27,31,33). The van der Waals surface area contributed by atoms with Gasteiger partial charge in [-0.1, -0.05) is 45.9 Å². The van der Waals surface area contributed by atoms with Crippen LogP contribution in [0, 0.1) is 25.7 Å². The van der Waals surface area contributed by atoms with Crippen molar-refractivity contribution in [1.82, 2.24) is 19.3 Å². The zero-order valence-electron chi connectivity index (χ0n) is 20.0. The first kappa shape index (κ1) is 24.0. The Morgan fingerprint density at radius 2 is 1.79 bits per heavy atom. The van der Waals surface area contributed by atoms with Gasteiger partial charge in [0, 0.05) is 13.1 Å². The lowest BCUT2D eigenvalue weighted by molar-refractivity contribution is 0.0983. The number of carbonyl (C=O) groups excluding carboxylic acids is 1. The minimum Gasteiger partial charge on any atom is -0.383 e. The molecule has 3 rings (SSSR count). The summed E-state index contributed by atoms with van der Waals surface area (Å²) in [6.07, 6.45) is 1.51. The Labute approximate surface area is 192 Å². The molecular weight excluding hydrogens is 420 g/mol. The molecule has 33 heavy (non-hydrogen) atoms. The Bertz CT molecular complexity index is 1280. The summed E-state index contributed by atoms with van der Waals surface area (Å²) in [6, 6.07) is 7.75. The number of aromatic nitrogens is 4. The summed E-state index contributed by atoms with van der Waals surface area (Å²) in [5, 5.41) is 4.44. The molecule has 1 amide bonds. The highest BCUT2D eigenvalue weighted by molar-refractivity contribution is 6.07. The highest BCUT2D eigenvalue weighted by Gasteiger charge is 2.28. The van der Waals surface area contributed by atoms with Crippen LogP contribution >= 0.6 is 0 Å². The maximum Gasteiger partial charge on any atom is 0.330 e. The summed E-state index contributed by atoms with van der Waals surface area (Å²) in [5.41, 5.74) is 7.91.